The molecular weight excluding hydrogens is 240 g/mol. The molecule has 0 bridgehead atoms. The molecule has 1 nitrogen and oxygen atoms in total. The fourth-order valence-corrected chi connectivity index (χ4v) is 3.44. The quantitative estimate of drug-likeness (QED) is 0.679. The Morgan fingerprint density at radius 3 is 2.61 bits per heavy atom. The lowest BCUT2D eigenvalue weighted by Gasteiger charge is -2.12. The van der Waals surface area contributed by atoms with E-state index in [1.807, 2.05) is 18.2 Å². The van der Waals surface area contributed by atoms with E-state index in [2.05, 4.69) is 32.9 Å². The van der Waals surface area contributed by atoms with Crippen LogP contribution in [0.15, 0.2) is 30.3 Å². The molecule has 0 amide bonds. The third-order valence-electron chi connectivity index (χ3n) is 3.11. The maximum Gasteiger partial charge on any atom is 0.173 e. The zero-order valence-corrected chi connectivity index (χ0v) is 12.1. The van der Waals surface area contributed by atoms with Gasteiger partial charge in [0.1, 0.15) is 0 Å². The molecule has 0 saturated carbocycles. The van der Waals surface area contributed by atoms with Crippen molar-refractivity contribution in [2.75, 3.05) is 0 Å². The number of carbonyl (C=O) groups is 1. The molecule has 1 heterocycles. The van der Waals surface area contributed by atoms with E-state index >= 15 is 0 Å². The topological polar surface area (TPSA) is 17.1 Å². The average molecular weight is 260 g/mol. The van der Waals surface area contributed by atoms with Gasteiger partial charge < -0.3 is 0 Å². The first-order valence-corrected chi connectivity index (χ1v) is 7.39. The number of rotatable bonds is 5. The normalized spacial score (nSPS) is 13.1. The maximum atomic E-state index is 12.2. The second-order valence-electron chi connectivity index (χ2n) is 5.51. The van der Waals surface area contributed by atoms with Gasteiger partial charge in [-0.05, 0) is 35.8 Å². The summed E-state index contributed by atoms with van der Waals surface area (Å²) in [5, 5.41) is 1.18. The van der Waals surface area contributed by atoms with Crippen molar-refractivity contribution in [1.82, 2.24) is 0 Å². The Balaban J connectivity index is 2.09. The Labute approximate surface area is 113 Å². The molecule has 0 spiro atoms. The highest BCUT2D eigenvalue weighted by molar-refractivity contribution is 7.20. The van der Waals surface area contributed by atoms with E-state index in [4.69, 9.17) is 0 Å². The monoisotopic (exact) mass is 260 g/mol. The predicted molar refractivity (Wildman–Crippen MR) is 79.4 cm³/mol. The Morgan fingerprint density at radius 1 is 1.22 bits per heavy atom. The van der Waals surface area contributed by atoms with Crippen molar-refractivity contribution >= 4 is 27.2 Å². The van der Waals surface area contributed by atoms with Gasteiger partial charge in [0.05, 0.1) is 4.88 Å². The number of fused-ring (bicyclic) bond motifs is 1. The summed E-state index contributed by atoms with van der Waals surface area (Å²) < 4.78 is 1.21. The van der Waals surface area contributed by atoms with Crippen LogP contribution in [0.25, 0.3) is 10.1 Å². The van der Waals surface area contributed by atoms with Gasteiger partial charge in [-0.2, -0.15) is 0 Å². The minimum atomic E-state index is 0.296. The van der Waals surface area contributed by atoms with Crippen LogP contribution < -0.4 is 0 Å². The molecule has 1 aromatic heterocycles. The number of ketones is 1. The van der Waals surface area contributed by atoms with Gasteiger partial charge in [0.2, 0.25) is 0 Å². The van der Waals surface area contributed by atoms with E-state index in [9.17, 15) is 4.79 Å². The summed E-state index contributed by atoms with van der Waals surface area (Å²) in [6, 6.07) is 10.2. The molecule has 0 N–H and O–H groups in total. The van der Waals surface area contributed by atoms with Crippen LogP contribution in [0.2, 0.25) is 0 Å². The minimum absolute atomic E-state index is 0.296. The summed E-state index contributed by atoms with van der Waals surface area (Å²) >= 11 is 1.62. The van der Waals surface area contributed by atoms with Crippen LogP contribution in [0.1, 0.15) is 43.3 Å². The molecule has 1 atom stereocenters. The number of thiophene rings is 1. The van der Waals surface area contributed by atoms with Gasteiger partial charge in [0.25, 0.3) is 0 Å². The lowest BCUT2D eigenvalue weighted by molar-refractivity contribution is 0.0964. The smallest absolute Gasteiger partial charge is 0.173 e. The molecule has 2 heteroatoms. The molecular formula is C16H20OS. The van der Waals surface area contributed by atoms with Gasteiger partial charge >= 0.3 is 0 Å². The van der Waals surface area contributed by atoms with Crippen molar-refractivity contribution < 1.29 is 4.79 Å². The zero-order valence-electron chi connectivity index (χ0n) is 11.3. The summed E-state index contributed by atoms with van der Waals surface area (Å²) in [4.78, 5) is 13.1. The third kappa shape index (κ3) is 3.20. The van der Waals surface area contributed by atoms with Crippen LogP contribution in [0.5, 0.6) is 0 Å². The van der Waals surface area contributed by atoms with E-state index in [0.29, 0.717) is 24.0 Å². The molecule has 0 saturated heterocycles. The van der Waals surface area contributed by atoms with Gasteiger partial charge in [-0.25, -0.2) is 0 Å². The highest BCUT2D eigenvalue weighted by Gasteiger charge is 2.14. The molecule has 2 rings (SSSR count). The van der Waals surface area contributed by atoms with Crippen molar-refractivity contribution in [3.05, 3.63) is 35.2 Å². The van der Waals surface area contributed by atoms with Gasteiger partial charge in [0.15, 0.2) is 5.78 Å². The Bertz CT molecular complexity index is 506. The first kappa shape index (κ1) is 13.3. The predicted octanol–water partition coefficient (Wildman–Crippen LogP) is 5.16. The van der Waals surface area contributed by atoms with Gasteiger partial charge in [-0.1, -0.05) is 39.0 Å². The maximum absolute atomic E-state index is 12.2. The lowest BCUT2D eigenvalue weighted by Crippen LogP contribution is -2.07. The standard InChI is InChI=1S/C16H20OS/c1-11(2)8-12(3)9-14(17)16-10-13-6-4-5-7-15(13)18-16/h4-7,10-12H,8-9H2,1-3H3. The molecule has 0 aliphatic rings. The second kappa shape index (κ2) is 5.66. The van der Waals surface area contributed by atoms with Gasteiger partial charge in [-0.15, -0.1) is 11.3 Å². The molecule has 1 unspecified atom stereocenters. The number of Topliss-reactive ketones (excluding diaryl/α,β-unsaturated/α-hetero) is 1. The van der Waals surface area contributed by atoms with E-state index in [1.165, 1.54) is 10.1 Å². The van der Waals surface area contributed by atoms with Gasteiger partial charge in [0, 0.05) is 11.1 Å². The van der Waals surface area contributed by atoms with Crippen molar-refractivity contribution in [3.8, 4) is 0 Å². The average Bonchev–Trinajstić information content (AvgIpc) is 2.71. The molecule has 0 radical (unpaired) electrons. The highest BCUT2D eigenvalue weighted by atomic mass is 32.1. The molecule has 0 aliphatic carbocycles. The number of hydrogen-bond acceptors (Lipinski definition) is 2. The van der Waals surface area contributed by atoms with Crippen molar-refractivity contribution in [2.24, 2.45) is 11.8 Å². The zero-order chi connectivity index (χ0) is 13.1. The Kier molecular flexibility index (Phi) is 4.18. The Morgan fingerprint density at radius 2 is 1.94 bits per heavy atom. The number of hydrogen-bond donors (Lipinski definition) is 0. The van der Waals surface area contributed by atoms with Crippen LogP contribution in [-0.2, 0) is 0 Å². The highest BCUT2D eigenvalue weighted by Crippen LogP contribution is 2.27. The first-order valence-electron chi connectivity index (χ1n) is 6.58. The van der Waals surface area contributed by atoms with Gasteiger partial charge in [-0.3, -0.25) is 4.79 Å². The summed E-state index contributed by atoms with van der Waals surface area (Å²) in [5.74, 6) is 1.43. The minimum Gasteiger partial charge on any atom is -0.293 e. The summed E-state index contributed by atoms with van der Waals surface area (Å²) in [6.07, 6.45) is 1.79. The van der Waals surface area contributed by atoms with Crippen molar-refractivity contribution in [1.29, 1.82) is 0 Å². The van der Waals surface area contributed by atoms with E-state index in [1.54, 1.807) is 11.3 Å². The fourth-order valence-electron chi connectivity index (χ4n) is 2.42. The second-order valence-corrected chi connectivity index (χ2v) is 6.59. The van der Waals surface area contributed by atoms with E-state index in [0.717, 1.165) is 11.3 Å². The fraction of sp³-hybridized carbons (Fsp3) is 0.438. The van der Waals surface area contributed by atoms with E-state index < -0.39 is 0 Å². The van der Waals surface area contributed by atoms with E-state index in [-0.39, 0.29) is 0 Å². The Hall–Kier alpha value is -1.15. The van der Waals surface area contributed by atoms with Crippen LogP contribution in [-0.4, -0.2) is 5.78 Å². The van der Waals surface area contributed by atoms with Crippen molar-refractivity contribution in [3.63, 3.8) is 0 Å². The molecule has 1 aromatic carbocycles. The van der Waals surface area contributed by atoms with Crippen LogP contribution >= 0.6 is 11.3 Å². The van der Waals surface area contributed by atoms with Crippen LogP contribution in [0, 0.1) is 11.8 Å². The summed E-state index contributed by atoms with van der Waals surface area (Å²) in [7, 11) is 0. The molecule has 0 aliphatic heterocycles. The van der Waals surface area contributed by atoms with Crippen molar-refractivity contribution in [2.45, 2.75) is 33.6 Å². The first-order chi connectivity index (χ1) is 8.56. The number of benzene rings is 1. The summed E-state index contributed by atoms with van der Waals surface area (Å²) in [6.45, 7) is 6.59. The molecule has 18 heavy (non-hydrogen) atoms. The molecule has 96 valence electrons. The molecule has 0 fully saturated rings. The summed E-state index contributed by atoms with van der Waals surface area (Å²) in [5.41, 5.74) is 0. The number of carbonyl (C=O) groups excluding carboxylic acids is 1. The molecule has 2 aromatic rings. The lowest BCUT2D eigenvalue weighted by atomic mass is 9.94. The largest absolute Gasteiger partial charge is 0.293 e. The third-order valence-corrected chi connectivity index (χ3v) is 4.27. The van der Waals surface area contributed by atoms with Crippen LogP contribution in [0.4, 0.5) is 0 Å². The van der Waals surface area contributed by atoms with Crippen LogP contribution in [0.3, 0.4) is 0 Å². The SMILES string of the molecule is CC(C)CC(C)CC(=O)c1cc2ccccc2s1.